The Labute approximate surface area is 122 Å². The van der Waals surface area contributed by atoms with Crippen LogP contribution in [0.5, 0.6) is 5.75 Å². The Morgan fingerprint density at radius 3 is 2.68 bits per heavy atom. The molecule has 0 aliphatic heterocycles. The molecule has 1 N–H and O–H groups in total. The van der Waals surface area contributed by atoms with E-state index in [1.165, 1.54) is 7.11 Å². The van der Waals surface area contributed by atoms with Crippen molar-refractivity contribution in [1.82, 2.24) is 0 Å². The van der Waals surface area contributed by atoms with E-state index in [1.54, 1.807) is 36.4 Å². The molecular weight excluding hydrogens is 282 g/mol. The molecule has 0 aliphatic carbocycles. The summed E-state index contributed by atoms with van der Waals surface area (Å²) in [5.41, 5.74) is 1.15. The number of hydrogen-bond acceptors (Lipinski definition) is 3. The number of thiol groups is 1. The SMILES string of the molecule is COc1ccc(NC(=O)c2cccc(S)c2)cc1Cl. The van der Waals surface area contributed by atoms with E-state index in [9.17, 15) is 4.79 Å². The Balaban J connectivity index is 2.17. The first-order valence-electron chi connectivity index (χ1n) is 5.54. The maximum Gasteiger partial charge on any atom is 0.255 e. The largest absolute Gasteiger partial charge is 0.495 e. The second-order valence-electron chi connectivity index (χ2n) is 3.85. The predicted molar refractivity (Wildman–Crippen MR) is 79.7 cm³/mol. The first kappa shape index (κ1) is 13.8. The van der Waals surface area contributed by atoms with Gasteiger partial charge in [0.1, 0.15) is 5.75 Å². The van der Waals surface area contributed by atoms with Gasteiger partial charge in [0.15, 0.2) is 0 Å². The number of methoxy groups -OCH3 is 1. The molecule has 3 nitrogen and oxygen atoms in total. The summed E-state index contributed by atoms with van der Waals surface area (Å²) in [5, 5.41) is 3.21. The van der Waals surface area contributed by atoms with Crippen LogP contribution in [0.2, 0.25) is 5.02 Å². The number of hydrogen-bond donors (Lipinski definition) is 2. The summed E-state index contributed by atoms with van der Waals surface area (Å²) in [6.45, 7) is 0. The third-order valence-corrected chi connectivity index (χ3v) is 3.09. The number of carbonyl (C=O) groups is 1. The van der Waals surface area contributed by atoms with Crippen LogP contribution in [0.4, 0.5) is 5.69 Å². The van der Waals surface area contributed by atoms with E-state index in [1.807, 2.05) is 6.07 Å². The molecule has 0 unspecified atom stereocenters. The first-order chi connectivity index (χ1) is 9.10. The highest BCUT2D eigenvalue weighted by molar-refractivity contribution is 7.80. The van der Waals surface area contributed by atoms with E-state index in [0.29, 0.717) is 22.0 Å². The van der Waals surface area contributed by atoms with Crippen LogP contribution in [-0.4, -0.2) is 13.0 Å². The van der Waals surface area contributed by atoms with Gasteiger partial charge in [0, 0.05) is 16.1 Å². The second kappa shape index (κ2) is 5.99. The smallest absolute Gasteiger partial charge is 0.255 e. The van der Waals surface area contributed by atoms with Gasteiger partial charge in [-0.15, -0.1) is 12.6 Å². The molecule has 0 fully saturated rings. The molecule has 2 aromatic rings. The molecule has 0 radical (unpaired) electrons. The lowest BCUT2D eigenvalue weighted by atomic mass is 10.2. The van der Waals surface area contributed by atoms with E-state index in [-0.39, 0.29) is 5.91 Å². The number of anilines is 1. The topological polar surface area (TPSA) is 38.3 Å². The fourth-order valence-corrected chi connectivity index (χ4v) is 2.08. The molecule has 0 bridgehead atoms. The van der Waals surface area contributed by atoms with Crippen molar-refractivity contribution < 1.29 is 9.53 Å². The highest BCUT2D eigenvalue weighted by Gasteiger charge is 2.08. The molecule has 98 valence electrons. The molecule has 0 aliphatic rings. The summed E-state index contributed by atoms with van der Waals surface area (Å²) in [6.07, 6.45) is 0. The summed E-state index contributed by atoms with van der Waals surface area (Å²) >= 11 is 10.2. The Hall–Kier alpha value is -1.65. The van der Waals surface area contributed by atoms with Gasteiger partial charge in [-0.1, -0.05) is 17.7 Å². The zero-order valence-corrected chi connectivity index (χ0v) is 11.8. The third kappa shape index (κ3) is 3.43. The van der Waals surface area contributed by atoms with Gasteiger partial charge >= 0.3 is 0 Å². The Morgan fingerprint density at radius 2 is 2.05 bits per heavy atom. The second-order valence-corrected chi connectivity index (χ2v) is 4.78. The molecule has 2 aromatic carbocycles. The Morgan fingerprint density at radius 1 is 1.26 bits per heavy atom. The van der Waals surface area contributed by atoms with Crippen molar-refractivity contribution in [2.75, 3.05) is 12.4 Å². The van der Waals surface area contributed by atoms with E-state index in [2.05, 4.69) is 17.9 Å². The average Bonchev–Trinajstić information content (AvgIpc) is 2.39. The molecule has 0 heterocycles. The summed E-state index contributed by atoms with van der Waals surface area (Å²) in [6, 6.07) is 12.1. The standard InChI is InChI=1S/C14H12ClNO2S/c1-18-13-6-5-10(8-12(13)15)16-14(17)9-3-2-4-11(19)7-9/h2-8,19H,1H3,(H,16,17). The number of benzene rings is 2. The lowest BCUT2D eigenvalue weighted by molar-refractivity contribution is 0.102. The highest BCUT2D eigenvalue weighted by Crippen LogP contribution is 2.27. The zero-order chi connectivity index (χ0) is 13.8. The van der Waals surface area contributed by atoms with Gasteiger partial charge in [0.25, 0.3) is 5.91 Å². The van der Waals surface area contributed by atoms with Gasteiger partial charge in [-0.3, -0.25) is 4.79 Å². The van der Waals surface area contributed by atoms with E-state index < -0.39 is 0 Å². The van der Waals surface area contributed by atoms with Gasteiger partial charge < -0.3 is 10.1 Å². The van der Waals surface area contributed by atoms with Crippen LogP contribution < -0.4 is 10.1 Å². The number of halogens is 1. The molecule has 0 saturated heterocycles. The number of nitrogens with one attached hydrogen (secondary N) is 1. The Bertz CT molecular complexity index is 616. The molecule has 2 rings (SSSR count). The normalized spacial score (nSPS) is 10.1. The minimum absolute atomic E-state index is 0.211. The van der Waals surface area contributed by atoms with E-state index in [4.69, 9.17) is 16.3 Å². The van der Waals surface area contributed by atoms with Crippen molar-refractivity contribution in [3.05, 3.63) is 53.1 Å². The van der Waals surface area contributed by atoms with Gasteiger partial charge in [-0.05, 0) is 36.4 Å². The van der Waals surface area contributed by atoms with Crippen LogP contribution in [0.25, 0.3) is 0 Å². The highest BCUT2D eigenvalue weighted by atomic mass is 35.5. The molecule has 0 spiro atoms. The van der Waals surface area contributed by atoms with Crippen LogP contribution in [-0.2, 0) is 0 Å². The fraction of sp³-hybridized carbons (Fsp3) is 0.0714. The van der Waals surface area contributed by atoms with Crippen molar-refractivity contribution in [2.24, 2.45) is 0 Å². The molecule has 19 heavy (non-hydrogen) atoms. The van der Waals surface area contributed by atoms with Gasteiger partial charge in [-0.25, -0.2) is 0 Å². The number of carbonyl (C=O) groups excluding carboxylic acids is 1. The molecular formula is C14H12ClNO2S. The summed E-state index contributed by atoms with van der Waals surface area (Å²) in [4.78, 5) is 12.7. The van der Waals surface area contributed by atoms with Gasteiger partial charge in [0.2, 0.25) is 0 Å². The van der Waals surface area contributed by atoms with E-state index >= 15 is 0 Å². The monoisotopic (exact) mass is 293 g/mol. The Kier molecular flexibility index (Phi) is 4.35. The van der Waals surface area contributed by atoms with Crippen LogP contribution >= 0.6 is 24.2 Å². The maximum atomic E-state index is 12.0. The van der Waals surface area contributed by atoms with Gasteiger partial charge in [0.05, 0.1) is 12.1 Å². The van der Waals surface area contributed by atoms with Crippen molar-refractivity contribution >= 4 is 35.8 Å². The quantitative estimate of drug-likeness (QED) is 0.843. The lowest BCUT2D eigenvalue weighted by Crippen LogP contribution is -2.11. The molecule has 5 heteroatoms. The number of amides is 1. The van der Waals surface area contributed by atoms with Crippen molar-refractivity contribution in [3.63, 3.8) is 0 Å². The minimum atomic E-state index is -0.211. The predicted octanol–water partition coefficient (Wildman–Crippen LogP) is 3.89. The molecule has 0 saturated carbocycles. The van der Waals surface area contributed by atoms with Crippen molar-refractivity contribution in [1.29, 1.82) is 0 Å². The molecule has 0 atom stereocenters. The summed E-state index contributed by atoms with van der Waals surface area (Å²) < 4.78 is 5.05. The maximum absolute atomic E-state index is 12.0. The van der Waals surface area contributed by atoms with Crippen LogP contribution in [0.15, 0.2) is 47.4 Å². The lowest BCUT2D eigenvalue weighted by Gasteiger charge is -2.08. The summed E-state index contributed by atoms with van der Waals surface area (Å²) in [5.74, 6) is 0.356. The fourth-order valence-electron chi connectivity index (χ4n) is 1.59. The van der Waals surface area contributed by atoms with Crippen LogP contribution in [0.3, 0.4) is 0 Å². The average molecular weight is 294 g/mol. The number of rotatable bonds is 3. The first-order valence-corrected chi connectivity index (χ1v) is 6.36. The summed E-state index contributed by atoms with van der Waals surface area (Å²) in [7, 11) is 1.54. The molecule has 1 amide bonds. The van der Waals surface area contributed by atoms with E-state index in [0.717, 1.165) is 4.90 Å². The van der Waals surface area contributed by atoms with Gasteiger partial charge in [-0.2, -0.15) is 0 Å². The van der Waals surface area contributed by atoms with Crippen molar-refractivity contribution in [3.8, 4) is 5.75 Å². The minimum Gasteiger partial charge on any atom is -0.495 e. The van der Waals surface area contributed by atoms with Crippen LogP contribution in [0.1, 0.15) is 10.4 Å². The molecule has 0 aromatic heterocycles. The zero-order valence-electron chi connectivity index (χ0n) is 10.2. The number of ether oxygens (including phenoxy) is 1. The van der Waals surface area contributed by atoms with Crippen LogP contribution in [0, 0.1) is 0 Å². The third-order valence-electron chi connectivity index (χ3n) is 2.52. The van der Waals surface area contributed by atoms with Crippen molar-refractivity contribution in [2.45, 2.75) is 4.90 Å².